The first-order chi connectivity index (χ1) is 12.2. The number of carbonyl (C=O) groups is 2. The quantitative estimate of drug-likeness (QED) is 0.640. The maximum absolute atomic E-state index is 12.1. The molecule has 2 aromatic carbocycles. The van der Waals surface area contributed by atoms with Gasteiger partial charge in [-0.15, -0.1) is 0 Å². The van der Waals surface area contributed by atoms with Gasteiger partial charge in [0.2, 0.25) is 5.91 Å². The van der Waals surface area contributed by atoms with E-state index >= 15 is 0 Å². The van der Waals surface area contributed by atoms with Crippen molar-refractivity contribution in [3.8, 4) is 0 Å². The molecule has 2 aromatic rings. The number of allylic oxidation sites excluding steroid dienone is 1. The Morgan fingerprint density at radius 1 is 1.12 bits per heavy atom. The highest BCUT2D eigenvalue weighted by molar-refractivity contribution is 6.05. The number of benzene rings is 2. The number of cyclic esters (lactones) is 1. The Hall–Kier alpha value is -3.14. The van der Waals surface area contributed by atoms with Gasteiger partial charge in [0.25, 0.3) is 0 Å². The van der Waals surface area contributed by atoms with Crippen molar-refractivity contribution in [2.75, 3.05) is 5.32 Å². The predicted octanol–water partition coefficient (Wildman–Crippen LogP) is 4.65. The number of nitrogens with one attached hydrogen (secondary N) is 1. The summed E-state index contributed by atoms with van der Waals surface area (Å²) in [6.45, 7) is 2.06. The molecule has 0 saturated carbocycles. The van der Waals surface area contributed by atoms with Crippen molar-refractivity contribution in [2.24, 2.45) is 0 Å². The van der Waals surface area contributed by atoms with Crippen molar-refractivity contribution < 1.29 is 14.3 Å². The fourth-order valence-electron chi connectivity index (χ4n) is 2.56. The minimum Gasteiger partial charge on any atom is -0.423 e. The van der Waals surface area contributed by atoms with Gasteiger partial charge < -0.3 is 10.1 Å². The second-order valence-electron chi connectivity index (χ2n) is 5.74. The van der Waals surface area contributed by atoms with E-state index in [0.717, 1.165) is 24.0 Å². The van der Waals surface area contributed by atoms with E-state index in [2.05, 4.69) is 12.2 Å². The molecule has 4 heteroatoms. The van der Waals surface area contributed by atoms with Crippen LogP contribution in [0.1, 0.15) is 41.3 Å². The summed E-state index contributed by atoms with van der Waals surface area (Å²) in [6, 6.07) is 14.8. The number of amides is 1. The summed E-state index contributed by atoms with van der Waals surface area (Å²) in [5, 5.41) is 2.81. The molecule has 1 aliphatic rings. The van der Waals surface area contributed by atoms with Gasteiger partial charge in [-0.05, 0) is 42.3 Å². The Bertz CT molecular complexity index is 851. The van der Waals surface area contributed by atoms with Crippen LogP contribution >= 0.6 is 0 Å². The van der Waals surface area contributed by atoms with Gasteiger partial charge in [-0.25, -0.2) is 4.79 Å². The molecule has 0 aliphatic carbocycles. The minimum absolute atomic E-state index is 0.229. The van der Waals surface area contributed by atoms with Gasteiger partial charge in [0, 0.05) is 17.3 Å². The van der Waals surface area contributed by atoms with Crippen LogP contribution in [-0.2, 0) is 9.53 Å². The number of anilines is 1. The normalized spacial score (nSPS) is 14.6. The number of carbonyl (C=O) groups excluding carboxylic acids is 2. The zero-order chi connectivity index (χ0) is 17.6. The van der Waals surface area contributed by atoms with Gasteiger partial charge in [0.05, 0.1) is 5.56 Å². The summed E-state index contributed by atoms with van der Waals surface area (Å²) >= 11 is 0. The first-order valence-corrected chi connectivity index (χ1v) is 8.28. The van der Waals surface area contributed by atoms with Crippen LogP contribution in [-0.4, -0.2) is 11.9 Å². The van der Waals surface area contributed by atoms with Crippen LogP contribution < -0.4 is 5.32 Å². The highest BCUT2D eigenvalue weighted by Gasteiger charge is 2.26. The van der Waals surface area contributed by atoms with Gasteiger partial charge in [0.1, 0.15) is 5.76 Å². The topological polar surface area (TPSA) is 55.4 Å². The molecule has 3 rings (SSSR count). The average molecular weight is 333 g/mol. The van der Waals surface area contributed by atoms with Crippen LogP contribution in [0.2, 0.25) is 0 Å². The van der Waals surface area contributed by atoms with Crippen LogP contribution in [0.15, 0.2) is 60.7 Å². The Morgan fingerprint density at radius 3 is 2.68 bits per heavy atom. The Labute approximate surface area is 146 Å². The van der Waals surface area contributed by atoms with Crippen LogP contribution in [0, 0.1) is 0 Å². The maximum atomic E-state index is 12.1. The number of hydrogen-bond donors (Lipinski definition) is 1. The van der Waals surface area contributed by atoms with Crippen molar-refractivity contribution in [2.45, 2.75) is 19.8 Å². The summed E-state index contributed by atoms with van der Waals surface area (Å²) in [4.78, 5) is 24.0. The first kappa shape index (κ1) is 16.7. The first-order valence-electron chi connectivity index (χ1n) is 8.28. The van der Waals surface area contributed by atoms with Crippen molar-refractivity contribution in [3.63, 3.8) is 0 Å². The molecule has 1 heterocycles. The second-order valence-corrected chi connectivity index (χ2v) is 5.74. The Kier molecular flexibility index (Phi) is 5.09. The largest absolute Gasteiger partial charge is 0.423 e. The molecule has 0 unspecified atom stereocenters. The fourth-order valence-corrected chi connectivity index (χ4v) is 2.56. The molecule has 0 atom stereocenters. The Balaban J connectivity index is 1.75. The molecule has 0 bridgehead atoms. The van der Waals surface area contributed by atoms with Gasteiger partial charge in [-0.2, -0.15) is 0 Å². The average Bonchev–Trinajstić information content (AvgIpc) is 2.94. The summed E-state index contributed by atoms with van der Waals surface area (Å²) in [6.07, 6.45) is 6.94. The zero-order valence-electron chi connectivity index (χ0n) is 14.0. The van der Waals surface area contributed by atoms with E-state index in [1.54, 1.807) is 24.3 Å². The van der Waals surface area contributed by atoms with E-state index in [-0.39, 0.29) is 11.9 Å². The van der Waals surface area contributed by atoms with Crippen molar-refractivity contribution in [1.82, 2.24) is 0 Å². The molecule has 0 fully saturated rings. The molecule has 126 valence electrons. The van der Waals surface area contributed by atoms with Gasteiger partial charge >= 0.3 is 5.97 Å². The highest BCUT2D eigenvalue weighted by atomic mass is 16.5. The van der Waals surface area contributed by atoms with E-state index < -0.39 is 0 Å². The van der Waals surface area contributed by atoms with Gasteiger partial charge in [0.15, 0.2) is 0 Å². The standard InChI is InChI=1S/C21H19NO3/c1-2-3-9-19-18-14-16(11-12-17(18)21(24)25-19)22-20(23)13-10-15-7-5-4-6-8-15/h4-14H,2-3H2,1H3,(H,22,23)/b13-10-,19-9?. The van der Waals surface area contributed by atoms with E-state index in [4.69, 9.17) is 4.74 Å². The molecule has 0 spiro atoms. The van der Waals surface area contributed by atoms with Crippen LogP contribution in [0.5, 0.6) is 0 Å². The van der Waals surface area contributed by atoms with E-state index in [1.807, 2.05) is 36.4 Å². The number of esters is 1. The molecule has 0 saturated heterocycles. The third-order valence-electron chi connectivity index (χ3n) is 3.82. The number of hydrogen-bond acceptors (Lipinski definition) is 3. The molecular weight excluding hydrogens is 314 g/mol. The van der Waals surface area contributed by atoms with Crippen LogP contribution in [0.3, 0.4) is 0 Å². The molecule has 1 amide bonds. The monoisotopic (exact) mass is 333 g/mol. The zero-order valence-corrected chi connectivity index (χ0v) is 14.0. The lowest BCUT2D eigenvalue weighted by molar-refractivity contribution is -0.111. The highest BCUT2D eigenvalue weighted by Crippen LogP contribution is 2.32. The molecule has 1 aliphatic heterocycles. The van der Waals surface area contributed by atoms with E-state index in [9.17, 15) is 9.59 Å². The fraction of sp³-hybridized carbons (Fsp3) is 0.143. The third kappa shape index (κ3) is 4.04. The number of ether oxygens (including phenoxy) is 1. The van der Waals surface area contributed by atoms with Crippen molar-refractivity contribution >= 4 is 29.4 Å². The summed E-state index contributed by atoms with van der Waals surface area (Å²) in [7, 11) is 0. The van der Waals surface area contributed by atoms with Crippen molar-refractivity contribution in [3.05, 3.63) is 77.4 Å². The number of unbranched alkanes of at least 4 members (excludes halogenated alkanes) is 1. The smallest absolute Gasteiger partial charge is 0.344 e. The van der Waals surface area contributed by atoms with Crippen molar-refractivity contribution in [1.29, 1.82) is 0 Å². The molecule has 0 aromatic heterocycles. The molecule has 1 N–H and O–H groups in total. The van der Waals surface area contributed by atoms with E-state index in [1.165, 1.54) is 6.08 Å². The van der Waals surface area contributed by atoms with E-state index in [0.29, 0.717) is 17.0 Å². The second kappa shape index (κ2) is 7.62. The maximum Gasteiger partial charge on any atom is 0.344 e. The lowest BCUT2D eigenvalue weighted by atomic mass is 10.1. The lowest BCUT2D eigenvalue weighted by Crippen LogP contribution is -2.08. The lowest BCUT2D eigenvalue weighted by Gasteiger charge is -2.04. The summed E-state index contributed by atoms with van der Waals surface area (Å²) in [5.74, 6) is -0.00916. The third-order valence-corrected chi connectivity index (χ3v) is 3.82. The molecular formula is C21H19NO3. The Morgan fingerprint density at radius 2 is 1.92 bits per heavy atom. The molecule has 4 nitrogen and oxygen atoms in total. The summed E-state index contributed by atoms with van der Waals surface area (Å²) < 4.78 is 5.29. The van der Waals surface area contributed by atoms with Crippen LogP contribution in [0.4, 0.5) is 5.69 Å². The summed E-state index contributed by atoms with van der Waals surface area (Å²) in [5.41, 5.74) is 2.83. The van der Waals surface area contributed by atoms with Gasteiger partial charge in [-0.1, -0.05) is 43.7 Å². The van der Waals surface area contributed by atoms with Gasteiger partial charge in [-0.3, -0.25) is 4.79 Å². The molecule has 25 heavy (non-hydrogen) atoms. The number of rotatable bonds is 5. The molecule has 0 radical (unpaired) electrons. The SMILES string of the molecule is CCCC=C1OC(=O)c2ccc(NC(=O)/C=C\c3ccccc3)cc21. The number of fused-ring (bicyclic) bond motifs is 1. The van der Waals surface area contributed by atoms with Crippen LogP contribution in [0.25, 0.3) is 11.8 Å². The predicted molar refractivity (Wildman–Crippen MR) is 98.8 cm³/mol. The minimum atomic E-state index is -0.348.